The Kier molecular flexibility index (Phi) is 4.86. The number of rotatable bonds is 5. The van der Waals surface area contributed by atoms with Gasteiger partial charge in [-0.2, -0.15) is 0 Å². The Balaban J connectivity index is 1.53. The number of benzene rings is 2. The minimum atomic E-state index is -0.155. The topological polar surface area (TPSA) is 23.5 Å². The van der Waals surface area contributed by atoms with Gasteiger partial charge in [-0.25, -0.2) is 4.39 Å². The van der Waals surface area contributed by atoms with Crippen molar-refractivity contribution in [3.63, 3.8) is 0 Å². The van der Waals surface area contributed by atoms with Crippen LogP contribution in [0.2, 0.25) is 0 Å². The van der Waals surface area contributed by atoms with Gasteiger partial charge in [0.05, 0.1) is 6.61 Å². The summed E-state index contributed by atoms with van der Waals surface area (Å²) in [6.07, 6.45) is 2.27. The van der Waals surface area contributed by atoms with Gasteiger partial charge in [0.25, 0.3) is 0 Å². The monoisotopic (exact) mass is 299 g/mol. The van der Waals surface area contributed by atoms with E-state index in [1.165, 1.54) is 18.1 Å². The van der Waals surface area contributed by atoms with Crippen molar-refractivity contribution in [2.24, 2.45) is 5.92 Å². The molecule has 3 rings (SSSR count). The maximum Gasteiger partial charge on any atom is 0.123 e. The lowest BCUT2D eigenvalue weighted by atomic mass is 9.98. The van der Waals surface area contributed by atoms with Crippen LogP contribution in [0.3, 0.4) is 0 Å². The van der Waals surface area contributed by atoms with E-state index in [1.54, 1.807) is 12.1 Å². The number of likely N-dealkylation sites (tertiary alicyclic amines) is 1. The molecule has 1 atom stereocenters. The molecule has 116 valence electrons. The molecule has 0 aromatic heterocycles. The first-order chi connectivity index (χ1) is 10.7. The van der Waals surface area contributed by atoms with E-state index in [1.807, 2.05) is 18.2 Å². The summed E-state index contributed by atoms with van der Waals surface area (Å²) < 4.78 is 13.2. The molecule has 1 heterocycles. The highest BCUT2D eigenvalue weighted by molar-refractivity contribution is 5.22. The van der Waals surface area contributed by atoms with Crippen LogP contribution in [0.5, 0.6) is 0 Å². The van der Waals surface area contributed by atoms with Crippen molar-refractivity contribution in [2.45, 2.75) is 26.0 Å². The molecule has 0 radical (unpaired) electrons. The summed E-state index contributed by atoms with van der Waals surface area (Å²) in [4.78, 5) is 2.40. The molecule has 1 aliphatic heterocycles. The second kappa shape index (κ2) is 7.03. The third kappa shape index (κ3) is 3.93. The maximum absolute atomic E-state index is 13.2. The summed E-state index contributed by atoms with van der Waals surface area (Å²) >= 11 is 0. The van der Waals surface area contributed by atoms with Gasteiger partial charge >= 0.3 is 0 Å². The molecule has 0 bridgehead atoms. The van der Waals surface area contributed by atoms with Crippen LogP contribution >= 0.6 is 0 Å². The molecule has 0 spiro atoms. The first-order valence-electron chi connectivity index (χ1n) is 7.88. The molecule has 2 aromatic carbocycles. The molecule has 1 N–H and O–H groups in total. The van der Waals surface area contributed by atoms with E-state index >= 15 is 0 Å². The summed E-state index contributed by atoms with van der Waals surface area (Å²) in [5, 5.41) is 9.07. The van der Waals surface area contributed by atoms with Crippen LogP contribution in [-0.4, -0.2) is 23.1 Å². The lowest BCUT2D eigenvalue weighted by Crippen LogP contribution is -2.20. The largest absolute Gasteiger partial charge is 0.392 e. The third-order valence-corrected chi connectivity index (χ3v) is 4.40. The number of hydrogen-bond donors (Lipinski definition) is 1. The molecule has 1 aliphatic rings. The standard InChI is InChI=1S/C19H22FNO/c20-19-3-1-2-17(11-19)12-21-9-8-18(13-21)10-15-4-6-16(14-22)7-5-15/h1-7,11,18,22H,8-10,12-14H2. The zero-order valence-electron chi connectivity index (χ0n) is 12.7. The zero-order valence-corrected chi connectivity index (χ0v) is 12.7. The van der Waals surface area contributed by atoms with Crippen molar-refractivity contribution in [1.29, 1.82) is 0 Å². The molecule has 1 saturated heterocycles. The van der Waals surface area contributed by atoms with E-state index in [0.29, 0.717) is 5.92 Å². The average Bonchev–Trinajstić information content (AvgIpc) is 2.95. The van der Waals surface area contributed by atoms with Crippen molar-refractivity contribution >= 4 is 0 Å². The van der Waals surface area contributed by atoms with Crippen molar-refractivity contribution in [3.8, 4) is 0 Å². The second-order valence-corrected chi connectivity index (χ2v) is 6.20. The number of halogens is 1. The molecule has 0 amide bonds. The van der Waals surface area contributed by atoms with E-state index in [0.717, 1.165) is 37.2 Å². The van der Waals surface area contributed by atoms with Crippen LogP contribution in [-0.2, 0) is 19.6 Å². The van der Waals surface area contributed by atoms with Crippen LogP contribution in [0, 0.1) is 11.7 Å². The number of hydrogen-bond acceptors (Lipinski definition) is 2. The Labute approximate surface area is 131 Å². The van der Waals surface area contributed by atoms with Crippen molar-refractivity contribution in [1.82, 2.24) is 4.90 Å². The maximum atomic E-state index is 13.2. The third-order valence-electron chi connectivity index (χ3n) is 4.40. The quantitative estimate of drug-likeness (QED) is 0.915. The molecule has 1 fully saturated rings. The molecule has 2 nitrogen and oxygen atoms in total. The minimum Gasteiger partial charge on any atom is -0.392 e. The molecule has 0 saturated carbocycles. The number of aliphatic hydroxyl groups is 1. The fourth-order valence-electron chi connectivity index (χ4n) is 3.23. The first kappa shape index (κ1) is 15.2. The number of nitrogens with zero attached hydrogens (tertiary/aromatic N) is 1. The Morgan fingerprint density at radius 1 is 1.05 bits per heavy atom. The summed E-state index contributed by atoms with van der Waals surface area (Å²) in [7, 11) is 0. The normalized spacial score (nSPS) is 18.7. The second-order valence-electron chi connectivity index (χ2n) is 6.20. The van der Waals surface area contributed by atoms with Crippen LogP contribution < -0.4 is 0 Å². The van der Waals surface area contributed by atoms with Gasteiger partial charge in [0, 0.05) is 13.1 Å². The SMILES string of the molecule is OCc1ccc(CC2CCN(Cc3cccc(F)c3)C2)cc1. The zero-order chi connectivity index (χ0) is 15.4. The van der Waals surface area contributed by atoms with Gasteiger partial charge in [-0.3, -0.25) is 4.90 Å². The van der Waals surface area contributed by atoms with Gasteiger partial charge < -0.3 is 5.11 Å². The lowest BCUT2D eigenvalue weighted by Gasteiger charge is -2.16. The van der Waals surface area contributed by atoms with Crippen LogP contribution in [0.4, 0.5) is 4.39 Å². The van der Waals surface area contributed by atoms with Gasteiger partial charge in [-0.1, -0.05) is 36.4 Å². The summed E-state index contributed by atoms with van der Waals surface area (Å²) in [6, 6.07) is 15.1. The summed E-state index contributed by atoms with van der Waals surface area (Å²) in [5.74, 6) is 0.505. The Morgan fingerprint density at radius 2 is 1.82 bits per heavy atom. The van der Waals surface area contributed by atoms with E-state index in [4.69, 9.17) is 5.11 Å². The van der Waals surface area contributed by atoms with Crippen molar-refractivity contribution in [2.75, 3.05) is 13.1 Å². The van der Waals surface area contributed by atoms with Crippen molar-refractivity contribution < 1.29 is 9.50 Å². The fraction of sp³-hybridized carbons (Fsp3) is 0.368. The van der Waals surface area contributed by atoms with Crippen LogP contribution in [0.1, 0.15) is 23.1 Å². The molecule has 0 aliphatic carbocycles. The minimum absolute atomic E-state index is 0.102. The number of aliphatic hydroxyl groups excluding tert-OH is 1. The van der Waals surface area contributed by atoms with E-state index in [9.17, 15) is 4.39 Å². The Hall–Kier alpha value is -1.71. The Bertz CT molecular complexity index is 611. The van der Waals surface area contributed by atoms with Gasteiger partial charge in [0.15, 0.2) is 0 Å². The predicted octanol–water partition coefficient (Wildman–Crippen LogP) is 3.38. The smallest absolute Gasteiger partial charge is 0.123 e. The van der Waals surface area contributed by atoms with Gasteiger partial charge in [0.2, 0.25) is 0 Å². The van der Waals surface area contributed by atoms with E-state index in [-0.39, 0.29) is 12.4 Å². The lowest BCUT2D eigenvalue weighted by molar-refractivity contribution is 0.282. The van der Waals surface area contributed by atoms with Gasteiger partial charge in [-0.05, 0) is 54.1 Å². The molecule has 3 heteroatoms. The first-order valence-corrected chi connectivity index (χ1v) is 7.88. The van der Waals surface area contributed by atoms with Gasteiger partial charge in [-0.15, -0.1) is 0 Å². The van der Waals surface area contributed by atoms with E-state index < -0.39 is 0 Å². The highest BCUT2D eigenvalue weighted by Crippen LogP contribution is 2.23. The summed E-state index contributed by atoms with van der Waals surface area (Å²) in [5.41, 5.74) is 3.34. The van der Waals surface area contributed by atoms with Crippen molar-refractivity contribution in [3.05, 3.63) is 71.0 Å². The van der Waals surface area contributed by atoms with Crippen LogP contribution in [0.15, 0.2) is 48.5 Å². The molecular weight excluding hydrogens is 277 g/mol. The molecule has 1 unspecified atom stereocenters. The fourth-order valence-corrected chi connectivity index (χ4v) is 3.23. The average molecular weight is 299 g/mol. The molecule has 22 heavy (non-hydrogen) atoms. The van der Waals surface area contributed by atoms with Crippen LogP contribution in [0.25, 0.3) is 0 Å². The Morgan fingerprint density at radius 3 is 2.55 bits per heavy atom. The predicted molar refractivity (Wildman–Crippen MR) is 85.9 cm³/mol. The highest BCUT2D eigenvalue weighted by atomic mass is 19.1. The van der Waals surface area contributed by atoms with Gasteiger partial charge in [0.1, 0.15) is 5.82 Å². The highest BCUT2D eigenvalue weighted by Gasteiger charge is 2.22. The van der Waals surface area contributed by atoms with E-state index in [2.05, 4.69) is 17.0 Å². The summed E-state index contributed by atoms with van der Waals surface area (Å²) in [6.45, 7) is 3.08. The molecule has 2 aromatic rings. The molecular formula is C19H22FNO.